The van der Waals surface area contributed by atoms with Crippen LogP contribution in [0.25, 0.3) is 10.9 Å². The van der Waals surface area contributed by atoms with E-state index in [2.05, 4.69) is 21.4 Å². The molecule has 19 heavy (non-hydrogen) atoms. The van der Waals surface area contributed by atoms with E-state index in [1.165, 1.54) is 0 Å². The Morgan fingerprint density at radius 2 is 2.42 bits per heavy atom. The summed E-state index contributed by atoms with van der Waals surface area (Å²) in [5.41, 5.74) is 7.45. The molecule has 2 rings (SSSR count). The molecular weight excluding hydrogens is 240 g/mol. The Balaban J connectivity index is 2.26. The molecule has 1 heterocycles. The zero-order valence-electron chi connectivity index (χ0n) is 10.7. The zero-order valence-corrected chi connectivity index (χ0v) is 10.7. The Kier molecular flexibility index (Phi) is 3.71. The summed E-state index contributed by atoms with van der Waals surface area (Å²) in [6.07, 6.45) is 6.56. The van der Waals surface area contributed by atoms with Crippen molar-refractivity contribution in [2.45, 2.75) is 25.8 Å². The van der Waals surface area contributed by atoms with E-state index >= 15 is 0 Å². The number of amides is 1. The van der Waals surface area contributed by atoms with Crippen LogP contribution in [0.3, 0.4) is 0 Å². The number of carbonyl (C=O) groups is 1. The maximum Gasteiger partial charge on any atom is 0.272 e. The summed E-state index contributed by atoms with van der Waals surface area (Å²) in [6, 6.07) is 5.25. The summed E-state index contributed by atoms with van der Waals surface area (Å²) >= 11 is 0. The fourth-order valence-corrected chi connectivity index (χ4v) is 1.90. The van der Waals surface area contributed by atoms with Crippen molar-refractivity contribution < 1.29 is 4.79 Å². The average Bonchev–Trinajstić information content (AvgIpc) is 2.81. The van der Waals surface area contributed by atoms with E-state index in [9.17, 15) is 4.79 Å². The summed E-state index contributed by atoms with van der Waals surface area (Å²) in [6.45, 7) is 1.98. The van der Waals surface area contributed by atoms with Crippen LogP contribution in [0.1, 0.15) is 30.3 Å². The normalized spacial score (nSPS) is 12.0. The fraction of sp³-hybridized carbons (Fsp3) is 0.286. The molecule has 1 unspecified atom stereocenters. The maximum absolute atomic E-state index is 12.2. The van der Waals surface area contributed by atoms with Crippen LogP contribution in [0.4, 0.5) is 5.69 Å². The number of benzene rings is 1. The number of nitrogens with zero attached hydrogens (tertiary/aromatic N) is 1. The molecule has 1 atom stereocenters. The van der Waals surface area contributed by atoms with E-state index in [-0.39, 0.29) is 11.9 Å². The van der Waals surface area contributed by atoms with Crippen LogP contribution < -0.4 is 11.1 Å². The molecule has 1 aromatic heterocycles. The number of aromatic amines is 1. The van der Waals surface area contributed by atoms with E-state index < -0.39 is 0 Å². The van der Waals surface area contributed by atoms with Crippen LogP contribution in [0.2, 0.25) is 0 Å². The zero-order chi connectivity index (χ0) is 13.8. The SMILES string of the molecule is C#CCC(CC)NC(=O)c1n[nH]c2ccc(N)cc12. The second-order valence-corrected chi connectivity index (χ2v) is 4.36. The van der Waals surface area contributed by atoms with Gasteiger partial charge < -0.3 is 11.1 Å². The predicted octanol–water partition coefficient (Wildman–Crippen LogP) is 1.68. The van der Waals surface area contributed by atoms with Crippen molar-refractivity contribution >= 4 is 22.5 Å². The van der Waals surface area contributed by atoms with Gasteiger partial charge in [-0.15, -0.1) is 12.3 Å². The third-order valence-corrected chi connectivity index (χ3v) is 2.99. The molecule has 1 aromatic carbocycles. The lowest BCUT2D eigenvalue weighted by atomic mass is 10.1. The molecule has 0 saturated heterocycles. The van der Waals surface area contributed by atoms with Crippen molar-refractivity contribution in [2.75, 3.05) is 5.73 Å². The van der Waals surface area contributed by atoms with Gasteiger partial charge in [-0.2, -0.15) is 5.10 Å². The number of carbonyl (C=O) groups excluding carboxylic acids is 1. The quantitative estimate of drug-likeness (QED) is 0.574. The molecule has 5 heteroatoms. The van der Waals surface area contributed by atoms with Crippen LogP contribution in [0, 0.1) is 12.3 Å². The predicted molar refractivity (Wildman–Crippen MR) is 75.5 cm³/mol. The molecule has 4 N–H and O–H groups in total. The number of aromatic nitrogens is 2. The molecule has 0 bridgehead atoms. The first-order chi connectivity index (χ1) is 9.15. The highest BCUT2D eigenvalue weighted by Gasteiger charge is 2.17. The molecule has 0 radical (unpaired) electrons. The first-order valence-corrected chi connectivity index (χ1v) is 6.13. The number of hydrogen-bond donors (Lipinski definition) is 3. The van der Waals surface area contributed by atoms with Crippen LogP contribution in [0.5, 0.6) is 0 Å². The molecule has 0 aliphatic heterocycles. The molecule has 1 amide bonds. The van der Waals surface area contributed by atoms with Gasteiger partial charge in [0, 0.05) is 23.5 Å². The van der Waals surface area contributed by atoms with Gasteiger partial charge in [0.25, 0.3) is 5.91 Å². The number of rotatable bonds is 4. The van der Waals surface area contributed by atoms with Gasteiger partial charge in [0.2, 0.25) is 0 Å². The van der Waals surface area contributed by atoms with Crippen molar-refractivity contribution in [3.8, 4) is 12.3 Å². The summed E-state index contributed by atoms with van der Waals surface area (Å²) in [5, 5.41) is 10.4. The lowest BCUT2D eigenvalue weighted by molar-refractivity contribution is 0.0933. The monoisotopic (exact) mass is 256 g/mol. The number of nitrogens with two attached hydrogens (primary N) is 1. The smallest absolute Gasteiger partial charge is 0.272 e. The van der Waals surface area contributed by atoms with Crippen LogP contribution in [0.15, 0.2) is 18.2 Å². The second-order valence-electron chi connectivity index (χ2n) is 4.36. The Labute approximate surface area is 111 Å². The molecule has 0 aliphatic carbocycles. The molecule has 2 aromatic rings. The molecule has 0 fully saturated rings. The van der Waals surface area contributed by atoms with Crippen molar-refractivity contribution in [1.82, 2.24) is 15.5 Å². The van der Waals surface area contributed by atoms with E-state index in [1.807, 2.05) is 6.92 Å². The summed E-state index contributed by atoms with van der Waals surface area (Å²) in [7, 11) is 0. The molecule has 0 spiro atoms. The number of nitrogen functional groups attached to an aromatic ring is 1. The summed E-state index contributed by atoms with van der Waals surface area (Å²) < 4.78 is 0. The van der Waals surface area contributed by atoms with Crippen LogP contribution in [-0.4, -0.2) is 22.1 Å². The largest absolute Gasteiger partial charge is 0.399 e. The summed E-state index contributed by atoms with van der Waals surface area (Å²) in [4.78, 5) is 12.2. The molecule has 5 nitrogen and oxygen atoms in total. The van der Waals surface area contributed by atoms with Gasteiger partial charge in [-0.3, -0.25) is 9.89 Å². The third-order valence-electron chi connectivity index (χ3n) is 2.99. The van der Waals surface area contributed by atoms with E-state index in [0.717, 1.165) is 11.9 Å². The van der Waals surface area contributed by atoms with Crippen molar-refractivity contribution in [3.05, 3.63) is 23.9 Å². The number of fused-ring (bicyclic) bond motifs is 1. The average molecular weight is 256 g/mol. The first kappa shape index (κ1) is 13.0. The second kappa shape index (κ2) is 5.44. The van der Waals surface area contributed by atoms with Crippen molar-refractivity contribution in [1.29, 1.82) is 0 Å². The fourth-order valence-electron chi connectivity index (χ4n) is 1.90. The topological polar surface area (TPSA) is 83.8 Å². The Hall–Kier alpha value is -2.48. The lowest BCUT2D eigenvalue weighted by Gasteiger charge is -2.13. The number of terminal acetylenes is 1. The van der Waals surface area contributed by atoms with E-state index in [1.54, 1.807) is 18.2 Å². The van der Waals surface area contributed by atoms with Crippen LogP contribution >= 0.6 is 0 Å². The Morgan fingerprint density at radius 3 is 3.11 bits per heavy atom. The highest BCUT2D eigenvalue weighted by Crippen LogP contribution is 2.19. The molecule has 98 valence electrons. The van der Waals surface area contributed by atoms with Crippen LogP contribution in [-0.2, 0) is 0 Å². The first-order valence-electron chi connectivity index (χ1n) is 6.13. The minimum absolute atomic E-state index is 0.0368. The van der Waals surface area contributed by atoms with E-state index in [4.69, 9.17) is 12.2 Å². The van der Waals surface area contributed by atoms with Gasteiger partial charge >= 0.3 is 0 Å². The minimum atomic E-state index is -0.237. The number of hydrogen-bond acceptors (Lipinski definition) is 3. The number of nitrogens with one attached hydrogen (secondary N) is 2. The molecular formula is C14H16N4O. The van der Waals surface area contributed by atoms with Gasteiger partial charge in [0.15, 0.2) is 5.69 Å². The van der Waals surface area contributed by atoms with Gasteiger partial charge in [0.1, 0.15) is 0 Å². The molecule has 0 aliphatic rings. The minimum Gasteiger partial charge on any atom is -0.399 e. The van der Waals surface area contributed by atoms with E-state index in [0.29, 0.717) is 23.2 Å². The number of H-pyrrole nitrogens is 1. The summed E-state index contributed by atoms with van der Waals surface area (Å²) in [5.74, 6) is 2.32. The Morgan fingerprint density at radius 1 is 1.63 bits per heavy atom. The van der Waals surface area contributed by atoms with Gasteiger partial charge in [-0.05, 0) is 24.6 Å². The standard InChI is InChI=1S/C14H16N4O/c1-3-5-10(4-2)16-14(19)13-11-8-9(15)6-7-12(11)17-18-13/h1,6-8,10H,4-5,15H2,2H3,(H,16,19)(H,17,18). The van der Waals surface area contributed by atoms with Gasteiger partial charge in [0.05, 0.1) is 5.52 Å². The lowest BCUT2D eigenvalue weighted by Crippen LogP contribution is -2.34. The van der Waals surface area contributed by atoms with Crippen molar-refractivity contribution in [3.63, 3.8) is 0 Å². The number of anilines is 1. The van der Waals surface area contributed by atoms with Crippen molar-refractivity contribution in [2.24, 2.45) is 0 Å². The highest BCUT2D eigenvalue weighted by atomic mass is 16.2. The molecule has 0 saturated carbocycles. The highest BCUT2D eigenvalue weighted by molar-refractivity contribution is 6.05. The van der Waals surface area contributed by atoms with Gasteiger partial charge in [-0.25, -0.2) is 0 Å². The Bertz CT molecular complexity index is 638. The van der Waals surface area contributed by atoms with Gasteiger partial charge in [-0.1, -0.05) is 6.92 Å². The maximum atomic E-state index is 12.2. The third kappa shape index (κ3) is 2.68.